The van der Waals surface area contributed by atoms with Gasteiger partial charge in [0.2, 0.25) is 5.91 Å². The smallest absolute Gasteiger partial charge is 0.222 e. The minimum Gasteiger partial charge on any atom is -0.491 e. The number of piperidine rings is 1. The molecule has 6 heteroatoms. The molecule has 1 aromatic heterocycles. The molecule has 33 heavy (non-hydrogen) atoms. The maximum absolute atomic E-state index is 11.9. The summed E-state index contributed by atoms with van der Waals surface area (Å²) in [7, 11) is 1.70. The van der Waals surface area contributed by atoms with Crippen molar-refractivity contribution in [3.63, 3.8) is 0 Å². The SMILES string of the molecule is CCC(=O)N1CCC(Oc2ccc(-c3ccc4cccnc4c3OCCCOC)cc2)CC1. The molecule has 0 N–H and O–H groups in total. The standard InChI is InChI=1S/C27H32N2O4/c1-3-25(30)29-16-13-23(14-17-29)33-22-10-7-20(8-11-22)24-12-9-21-6-4-15-28-26(21)27(24)32-19-5-18-31-2/h4,6-12,15,23H,3,5,13-14,16-19H2,1-2H3. The lowest BCUT2D eigenvalue weighted by molar-refractivity contribution is -0.132. The lowest BCUT2D eigenvalue weighted by Gasteiger charge is -2.32. The number of ether oxygens (including phenoxy) is 3. The number of fused-ring (bicyclic) bond motifs is 1. The van der Waals surface area contributed by atoms with Gasteiger partial charge in [-0.25, -0.2) is 0 Å². The van der Waals surface area contributed by atoms with Crippen LogP contribution in [-0.2, 0) is 9.53 Å². The number of methoxy groups -OCH3 is 1. The summed E-state index contributed by atoms with van der Waals surface area (Å²) in [5.41, 5.74) is 2.93. The van der Waals surface area contributed by atoms with Crippen LogP contribution in [-0.4, -0.2) is 55.3 Å². The van der Waals surface area contributed by atoms with Crippen molar-refractivity contribution in [2.75, 3.05) is 33.4 Å². The van der Waals surface area contributed by atoms with Crippen LogP contribution >= 0.6 is 0 Å². The van der Waals surface area contributed by atoms with Crippen molar-refractivity contribution in [1.82, 2.24) is 9.88 Å². The minimum absolute atomic E-state index is 0.140. The summed E-state index contributed by atoms with van der Waals surface area (Å²) >= 11 is 0. The molecule has 2 aromatic carbocycles. The number of amides is 1. The van der Waals surface area contributed by atoms with Crippen LogP contribution in [0, 0.1) is 0 Å². The zero-order valence-corrected chi connectivity index (χ0v) is 19.5. The van der Waals surface area contributed by atoms with Crippen molar-refractivity contribution in [2.24, 2.45) is 0 Å². The van der Waals surface area contributed by atoms with E-state index in [1.807, 2.05) is 36.1 Å². The van der Waals surface area contributed by atoms with E-state index in [0.717, 1.165) is 65.9 Å². The second-order valence-corrected chi connectivity index (χ2v) is 8.29. The molecule has 1 fully saturated rings. The third-order valence-electron chi connectivity index (χ3n) is 6.03. The third kappa shape index (κ3) is 5.63. The van der Waals surface area contributed by atoms with E-state index in [0.29, 0.717) is 19.6 Å². The first-order valence-electron chi connectivity index (χ1n) is 11.7. The van der Waals surface area contributed by atoms with Crippen LogP contribution in [0.4, 0.5) is 0 Å². The molecule has 6 nitrogen and oxygen atoms in total. The first kappa shape index (κ1) is 23.1. The van der Waals surface area contributed by atoms with Crippen molar-refractivity contribution >= 4 is 16.8 Å². The Hall–Kier alpha value is -3.12. The van der Waals surface area contributed by atoms with Gasteiger partial charge in [-0.3, -0.25) is 9.78 Å². The van der Waals surface area contributed by atoms with Crippen LogP contribution in [0.15, 0.2) is 54.7 Å². The number of rotatable bonds is 9. The van der Waals surface area contributed by atoms with Gasteiger partial charge in [0.1, 0.15) is 17.4 Å². The fourth-order valence-corrected chi connectivity index (χ4v) is 4.22. The first-order valence-corrected chi connectivity index (χ1v) is 11.7. The molecular weight excluding hydrogens is 416 g/mol. The average Bonchev–Trinajstić information content (AvgIpc) is 2.87. The van der Waals surface area contributed by atoms with E-state index in [4.69, 9.17) is 14.2 Å². The number of hydrogen-bond acceptors (Lipinski definition) is 5. The summed E-state index contributed by atoms with van der Waals surface area (Å²) in [5, 5.41) is 1.05. The van der Waals surface area contributed by atoms with Crippen molar-refractivity contribution in [2.45, 2.75) is 38.7 Å². The molecule has 174 valence electrons. The summed E-state index contributed by atoms with van der Waals surface area (Å²) in [6.07, 6.45) is 5.04. The highest BCUT2D eigenvalue weighted by Crippen LogP contribution is 2.36. The molecule has 1 aliphatic rings. The first-order chi connectivity index (χ1) is 16.2. The molecule has 0 saturated carbocycles. The number of pyridine rings is 1. The highest BCUT2D eigenvalue weighted by Gasteiger charge is 2.23. The Kier molecular flexibility index (Phi) is 7.79. The van der Waals surface area contributed by atoms with Crippen molar-refractivity contribution in [3.8, 4) is 22.6 Å². The Bertz CT molecular complexity index is 1060. The normalized spacial score (nSPS) is 14.4. The van der Waals surface area contributed by atoms with Gasteiger partial charge < -0.3 is 19.1 Å². The van der Waals surface area contributed by atoms with E-state index in [9.17, 15) is 4.79 Å². The quantitative estimate of drug-likeness (QED) is 0.427. The van der Waals surface area contributed by atoms with E-state index in [1.54, 1.807) is 13.3 Å². The average molecular weight is 449 g/mol. The maximum atomic E-state index is 11.9. The number of nitrogens with zero attached hydrogens (tertiary/aromatic N) is 2. The summed E-state index contributed by atoms with van der Waals surface area (Å²) in [6, 6.07) is 16.3. The predicted octanol–water partition coefficient (Wildman–Crippen LogP) is 5.10. The molecule has 0 bridgehead atoms. The molecule has 4 rings (SSSR count). The van der Waals surface area contributed by atoms with Gasteiger partial charge in [0, 0.05) is 69.6 Å². The monoisotopic (exact) mass is 448 g/mol. The minimum atomic E-state index is 0.140. The van der Waals surface area contributed by atoms with Crippen LogP contribution < -0.4 is 9.47 Å². The van der Waals surface area contributed by atoms with Gasteiger partial charge in [-0.05, 0) is 29.8 Å². The third-order valence-corrected chi connectivity index (χ3v) is 6.03. The number of carbonyl (C=O) groups is 1. The van der Waals surface area contributed by atoms with Crippen molar-refractivity contribution < 1.29 is 19.0 Å². The molecular formula is C27H32N2O4. The number of benzene rings is 2. The van der Waals surface area contributed by atoms with Crippen molar-refractivity contribution in [1.29, 1.82) is 0 Å². The zero-order valence-electron chi connectivity index (χ0n) is 19.5. The van der Waals surface area contributed by atoms with E-state index in [1.165, 1.54) is 0 Å². The number of hydrogen-bond donors (Lipinski definition) is 0. The Balaban J connectivity index is 1.48. The van der Waals surface area contributed by atoms with Gasteiger partial charge in [-0.15, -0.1) is 0 Å². The fourth-order valence-electron chi connectivity index (χ4n) is 4.22. The fraction of sp³-hybridized carbons (Fsp3) is 0.407. The molecule has 1 aliphatic heterocycles. The Labute approximate surface area is 195 Å². The molecule has 0 aliphatic carbocycles. The van der Waals surface area contributed by atoms with E-state index < -0.39 is 0 Å². The topological polar surface area (TPSA) is 60.9 Å². The Morgan fingerprint density at radius 2 is 1.85 bits per heavy atom. The lowest BCUT2D eigenvalue weighted by atomic mass is 10.0. The summed E-state index contributed by atoms with van der Waals surface area (Å²) in [6.45, 7) is 4.67. The van der Waals surface area contributed by atoms with Crippen LogP contribution in [0.5, 0.6) is 11.5 Å². The Morgan fingerprint density at radius 3 is 2.58 bits per heavy atom. The molecule has 0 atom stereocenters. The van der Waals surface area contributed by atoms with Gasteiger partial charge in [0.15, 0.2) is 5.75 Å². The largest absolute Gasteiger partial charge is 0.491 e. The molecule has 0 spiro atoms. The second-order valence-electron chi connectivity index (χ2n) is 8.29. The molecule has 3 aromatic rings. The highest BCUT2D eigenvalue weighted by molar-refractivity contribution is 5.92. The molecule has 1 amide bonds. The maximum Gasteiger partial charge on any atom is 0.222 e. The van der Waals surface area contributed by atoms with E-state index in [-0.39, 0.29) is 12.0 Å². The van der Waals surface area contributed by atoms with Gasteiger partial charge in [-0.2, -0.15) is 0 Å². The van der Waals surface area contributed by atoms with Gasteiger partial charge in [0.25, 0.3) is 0 Å². The van der Waals surface area contributed by atoms with Crippen LogP contribution in [0.3, 0.4) is 0 Å². The zero-order chi connectivity index (χ0) is 23.0. The number of carbonyl (C=O) groups excluding carboxylic acids is 1. The van der Waals surface area contributed by atoms with Gasteiger partial charge >= 0.3 is 0 Å². The number of aromatic nitrogens is 1. The number of likely N-dealkylation sites (tertiary alicyclic amines) is 1. The Morgan fingerprint density at radius 1 is 1.06 bits per heavy atom. The molecule has 0 radical (unpaired) electrons. The van der Waals surface area contributed by atoms with Gasteiger partial charge in [-0.1, -0.05) is 31.2 Å². The molecule has 0 unspecified atom stereocenters. The van der Waals surface area contributed by atoms with Crippen LogP contribution in [0.2, 0.25) is 0 Å². The summed E-state index contributed by atoms with van der Waals surface area (Å²) in [4.78, 5) is 18.4. The van der Waals surface area contributed by atoms with Crippen molar-refractivity contribution in [3.05, 3.63) is 54.7 Å². The predicted molar refractivity (Wildman–Crippen MR) is 130 cm³/mol. The summed E-state index contributed by atoms with van der Waals surface area (Å²) < 4.78 is 17.5. The lowest BCUT2D eigenvalue weighted by Crippen LogP contribution is -2.41. The van der Waals surface area contributed by atoms with Crippen LogP contribution in [0.25, 0.3) is 22.0 Å². The van der Waals surface area contributed by atoms with Gasteiger partial charge in [0.05, 0.1) is 6.61 Å². The summed E-state index contributed by atoms with van der Waals surface area (Å²) in [5.74, 6) is 1.87. The molecule has 2 heterocycles. The van der Waals surface area contributed by atoms with E-state index >= 15 is 0 Å². The van der Waals surface area contributed by atoms with E-state index in [2.05, 4.69) is 29.2 Å². The highest BCUT2D eigenvalue weighted by atomic mass is 16.5. The van der Waals surface area contributed by atoms with Crippen LogP contribution in [0.1, 0.15) is 32.6 Å². The second kappa shape index (κ2) is 11.1. The molecule has 1 saturated heterocycles.